The first-order valence-electron chi connectivity index (χ1n) is 13.6. The number of nitrogens with one attached hydrogen (secondary N) is 1. The van der Waals surface area contributed by atoms with E-state index in [2.05, 4.69) is 5.32 Å². The molecule has 4 aromatic rings. The Morgan fingerprint density at radius 3 is 2.43 bits per heavy atom. The number of methoxy groups -OCH3 is 2. The highest BCUT2D eigenvalue weighted by Crippen LogP contribution is 2.29. The van der Waals surface area contributed by atoms with Crippen LogP contribution in [0.4, 0.5) is 14.9 Å². The lowest BCUT2D eigenvalue weighted by Gasteiger charge is -2.28. The first kappa shape index (κ1) is 30.1. The van der Waals surface area contributed by atoms with Crippen molar-refractivity contribution in [1.29, 1.82) is 0 Å². The Hall–Kier alpha value is -4.86. The molecule has 0 saturated carbocycles. The van der Waals surface area contributed by atoms with Gasteiger partial charge in [-0.05, 0) is 48.4 Å². The number of anilines is 1. The number of halogens is 1. The van der Waals surface area contributed by atoms with Gasteiger partial charge in [0.25, 0.3) is 0 Å². The summed E-state index contributed by atoms with van der Waals surface area (Å²) >= 11 is 0. The quantitative estimate of drug-likeness (QED) is 0.229. The molecule has 0 bridgehead atoms. The third kappa shape index (κ3) is 7.45. The van der Waals surface area contributed by atoms with E-state index in [1.165, 1.54) is 42.4 Å². The molecule has 0 saturated heterocycles. The molecule has 0 unspecified atom stereocenters. The molecule has 3 amide bonds. The molecule has 0 aliphatic carbocycles. The molecule has 0 spiro atoms. The van der Waals surface area contributed by atoms with E-state index in [4.69, 9.17) is 13.9 Å². The molecule has 1 N–H and O–H groups in total. The molecule has 1 aromatic heterocycles. The molecule has 220 valence electrons. The third-order valence-electron chi connectivity index (χ3n) is 6.80. The van der Waals surface area contributed by atoms with E-state index in [1.807, 2.05) is 6.92 Å². The van der Waals surface area contributed by atoms with Crippen LogP contribution < -0.4 is 20.2 Å². The minimum atomic E-state index is -0.479. The number of benzene rings is 3. The largest absolute Gasteiger partial charge is 0.497 e. The van der Waals surface area contributed by atoms with Gasteiger partial charge in [0.05, 0.1) is 43.7 Å². The van der Waals surface area contributed by atoms with E-state index >= 15 is 0 Å². The van der Waals surface area contributed by atoms with E-state index in [-0.39, 0.29) is 36.5 Å². The van der Waals surface area contributed by atoms with Gasteiger partial charge < -0.3 is 29.0 Å². The van der Waals surface area contributed by atoms with Crippen LogP contribution >= 0.6 is 0 Å². The number of amides is 3. The van der Waals surface area contributed by atoms with Crippen molar-refractivity contribution < 1.29 is 27.9 Å². The summed E-state index contributed by atoms with van der Waals surface area (Å²) in [5.74, 6) is 0.186. The maximum Gasteiger partial charge on any atom is 0.322 e. The zero-order valence-corrected chi connectivity index (χ0v) is 23.9. The van der Waals surface area contributed by atoms with E-state index in [0.717, 1.165) is 6.42 Å². The fourth-order valence-electron chi connectivity index (χ4n) is 4.44. The summed E-state index contributed by atoms with van der Waals surface area (Å²) in [6, 6.07) is 17.2. The molecular weight excluding hydrogens is 541 g/mol. The Balaban J connectivity index is 1.60. The molecule has 4 rings (SSSR count). The maximum absolute atomic E-state index is 13.8. The number of nitrogens with zero attached hydrogens (tertiary/aromatic N) is 2. The summed E-state index contributed by atoms with van der Waals surface area (Å²) in [5.41, 5.74) is 1.58. The minimum absolute atomic E-state index is 0.0566. The van der Waals surface area contributed by atoms with Gasteiger partial charge in [-0.2, -0.15) is 0 Å². The average Bonchev–Trinajstić information content (AvgIpc) is 3.01. The van der Waals surface area contributed by atoms with Gasteiger partial charge in [-0.25, -0.2) is 9.18 Å². The minimum Gasteiger partial charge on any atom is -0.497 e. The van der Waals surface area contributed by atoms with E-state index in [9.17, 15) is 18.8 Å². The number of fused-ring (bicyclic) bond motifs is 1. The van der Waals surface area contributed by atoms with Crippen molar-refractivity contribution in [2.45, 2.75) is 32.9 Å². The number of hydrogen-bond acceptors (Lipinski definition) is 6. The predicted molar refractivity (Wildman–Crippen MR) is 158 cm³/mol. The SMILES string of the molecule is CCCCN(CC(=O)N(Cc1ccc(F)cc1)Cc1coc2ccccc2c1=O)C(=O)Nc1ccc(OC)cc1OC. The van der Waals surface area contributed by atoms with Crippen molar-refractivity contribution in [3.8, 4) is 11.5 Å². The first-order chi connectivity index (χ1) is 20.3. The van der Waals surface area contributed by atoms with Crippen LogP contribution in [0.25, 0.3) is 11.0 Å². The van der Waals surface area contributed by atoms with Crippen LogP contribution in [0.2, 0.25) is 0 Å². The van der Waals surface area contributed by atoms with E-state index in [0.29, 0.717) is 46.7 Å². The normalized spacial score (nSPS) is 10.8. The number of para-hydroxylation sites is 1. The number of carbonyl (C=O) groups is 2. The Labute approximate surface area is 243 Å². The van der Waals surface area contributed by atoms with Crippen molar-refractivity contribution in [1.82, 2.24) is 9.80 Å². The fraction of sp³-hybridized carbons (Fsp3) is 0.281. The van der Waals surface area contributed by atoms with Gasteiger partial charge in [-0.3, -0.25) is 9.59 Å². The van der Waals surface area contributed by atoms with Crippen LogP contribution in [0.3, 0.4) is 0 Å². The molecule has 9 nitrogen and oxygen atoms in total. The second-order valence-corrected chi connectivity index (χ2v) is 9.73. The van der Waals surface area contributed by atoms with Gasteiger partial charge in [0.15, 0.2) is 5.43 Å². The molecule has 0 radical (unpaired) electrons. The average molecular weight is 576 g/mol. The molecule has 3 aromatic carbocycles. The lowest BCUT2D eigenvalue weighted by atomic mass is 10.1. The molecule has 0 aliphatic rings. The summed E-state index contributed by atoms with van der Waals surface area (Å²) in [4.78, 5) is 43.3. The summed E-state index contributed by atoms with van der Waals surface area (Å²) in [5, 5.41) is 3.23. The molecule has 10 heteroatoms. The van der Waals surface area contributed by atoms with Gasteiger partial charge in [0.2, 0.25) is 5.91 Å². The number of hydrogen-bond donors (Lipinski definition) is 1. The summed E-state index contributed by atoms with van der Waals surface area (Å²) < 4.78 is 29.9. The fourth-order valence-corrected chi connectivity index (χ4v) is 4.44. The van der Waals surface area contributed by atoms with Crippen LogP contribution in [0.1, 0.15) is 30.9 Å². The lowest BCUT2D eigenvalue weighted by molar-refractivity contribution is -0.133. The van der Waals surface area contributed by atoms with Crippen LogP contribution in [-0.4, -0.2) is 49.0 Å². The Kier molecular flexibility index (Phi) is 10.1. The van der Waals surface area contributed by atoms with Crippen LogP contribution in [0.5, 0.6) is 11.5 Å². The van der Waals surface area contributed by atoms with E-state index in [1.54, 1.807) is 54.6 Å². The van der Waals surface area contributed by atoms with Crippen molar-refractivity contribution in [3.63, 3.8) is 0 Å². The number of urea groups is 1. The predicted octanol–water partition coefficient (Wildman–Crippen LogP) is 5.81. The molecule has 42 heavy (non-hydrogen) atoms. The molecular formula is C32H34FN3O6. The molecule has 1 heterocycles. The van der Waals surface area contributed by atoms with Gasteiger partial charge in [0.1, 0.15) is 29.4 Å². The number of unbranched alkanes of at least 4 members (excludes halogenated alkanes) is 1. The van der Waals surface area contributed by atoms with Gasteiger partial charge in [-0.15, -0.1) is 0 Å². The second-order valence-electron chi connectivity index (χ2n) is 9.73. The molecule has 0 aliphatic heterocycles. The molecule has 0 atom stereocenters. The first-order valence-corrected chi connectivity index (χ1v) is 13.6. The van der Waals surface area contributed by atoms with Gasteiger partial charge in [0, 0.05) is 19.2 Å². The molecule has 0 fully saturated rings. The third-order valence-corrected chi connectivity index (χ3v) is 6.80. The second kappa shape index (κ2) is 14.2. The standard InChI is InChI=1S/C32H34FN3O6/c1-4-5-16-35(32(39)34-27-15-14-25(40-2)17-29(27)41-3)20-30(37)36(18-22-10-12-24(33)13-11-22)19-23-21-42-28-9-7-6-8-26(28)31(23)38/h6-15,17,21H,4-5,16,18-20H2,1-3H3,(H,34,39). The zero-order chi connectivity index (χ0) is 30.1. The lowest BCUT2D eigenvalue weighted by Crippen LogP contribution is -2.44. The highest BCUT2D eigenvalue weighted by atomic mass is 19.1. The number of carbonyl (C=O) groups excluding carboxylic acids is 2. The van der Waals surface area contributed by atoms with Crippen molar-refractivity contribution in [2.24, 2.45) is 0 Å². The highest BCUT2D eigenvalue weighted by molar-refractivity contribution is 5.93. The smallest absolute Gasteiger partial charge is 0.322 e. The van der Waals surface area contributed by atoms with E-state index < -0.39 is 11.8 Å². The zero-order valence-electron chi connectivity index (χ0n) is 23.9. The summed E-state index contributed by atoms with van der Waals surface area (Å²) in [7, 11) is 3.02. The topological polar surface area (TPSA) is 101 Å². The monoisotopic (exact) mass is 575 g/mol. The van der Waals surface area contributed by atoms with Crippen molar-refractivity contribution >= 4 is 28.6 Å². The van der Waals surface area contributed by atoms with Crippen LogP contribution in [0, 0.1) is 5.82 Å². The van der Waals surface area contributed by atoms with Crippen molar-refractivity contribution in [2.75, 3.05) is 32.6 Å². The maximum atomic E-state index is 13.8. The van der Waals surface area contributed by atoms with Gasteiger partial charge >= 0.3 is 6.03 Å². The van der Waals surface area contributed by atoms with Crippen LogP contribution in [-0.2, 0) is 17.9 Å². The summed E-state index contributed by atoms with van der Waals surface area (Å²) in [6.45, 7) is 2.11. The van der Waals surface area contributed by atoms with Gasteiger partial charge in [-0.1, -0.05) is 37.6 Å². The highest BCUT2D eigenvalue weighted by Gasteiger charge is 2.24. The Morgan fingerprint density at radius 1 is 0.952 bits per heavy atom. The van der Waals surface area contributed by atoms with Crippen molar-refractivity contribution in [3.05, 3.63) is 100 Å². The number of ether oxygens (including phenoxy) is 2. The Morgan fingerprint density at radius 2 is 1.71 bits per heavy atom. The van der Waals surface area contributed by atoms with Crippen LogP contribution in [0.15, 0.2) is 82.2 Å². The number of rotatable bonds is 12. The Bertz CT molecular complexity index is 1590. The summed E-state index contributed by atoms with van der Waals surface area (Å²) in [6.07, 6.45) is 2.83.